The van der Waals surface area contributed by atoms with Crippen LogP contribution in [0, 0.1) is 6.92 Å². The number of aromatic nitrogens is 2. The monoisotopic (exact) mass is 290 g/mol. The molecule has 3 rings (SSSR count). The van der Waals surface area contributed by atoms with Crippen LogP contribution < -0.4 is 0 Å². The van der Waals surface area contributed by atoms with Crippen molar-refractivity contribution in [3.05, 3.63) is 34.3 Å². The van der Waals surface area contributed by atoms with Crippen molar-refractivity contribution >= 4 is 38.9 Å². The number of nitrogens with zero attached hydrogens (tertiary/aromatic N) is 2. The first kappa shape index (κ1) is 12.3. The third-order valence-corrected chi connectivity index (χ3v) is 4.81. The summed E-state index contributed by atoms with van der Waals surface area (Å²) in [4.78, 5) is 20.4. The molecular weight excluding hydrogens is 280 g/mol. The molecule has 0 saturated carbocycles. The van der Waals surface area contributed by atoms with E-state index in [2.05, 4.69) is 16.0 Å². The number of carboxylic acids is 1. The van der Waals surface area contributed by atoms with E-state index in [1.807, 2.05) is 18.4 Å². The Labute approximate surface area is 117 Å². The van der Waals surface area contributed by atoms with Gasteiger partial charge in [-0.15, -0.1) is 22.7 Å². The van der Waals surface area contributed by atoms with Gasteiger partial charge in [0.2, 0.25) is 0 Å². The maximum Gasteiger partial charge on any atom is 0.308 e. The van der Waals surface area contributed by atoms with Crippen LogP contribution in [-0.2, 0) is 11.2 Å². The normalized spacial score (nSPS) is 11.0. The number of pyridine rings is 1. The molecule has 4 nitrogen and oxygen atoms in total. The molecule has 0 unspecified atom stereocenters. The Kier molecular flexibility index (Phi) is 3.04. The third-order valence-electron chi connectivity index (χ3n) is 2.75. The maximum absolute atomic E-state index is 10.8. The second-order valence-electron chi connectivity index (χ2n) is 4.13. The van der Waals surface area contributed by atoms with E-state index in [-0.39, 0.29) is 6.42 Å². The summed E-state index contributed by atoms with van der Waals surface area (Å²) in [6, 6.07) is 4.03. The molecule has 0 aliphatic rings. The lowest BCUT2D eigenvalue weighted by Crippen LogP contribution is -1.99. The Bertz CT molecular complexity index is 761. The molecule has 3 heterocycles. The molecule has 3 aromatic rings. The highest BCUT2D eigenvalue weighted by atomic mass is 32.1. The summed E-state index contributed by atoms with van der Waals surface area (Å²) < 4.78 is 1.12. The van der Waals surface area contributed by atoms with E-state index in [9.17, 15) is 4.79 Å². The molecule has 0 bridgehead atoms. The Balaban J connectivity index is 2.03. The van der Waals surface area contributed by atoms with E-state index >= 15 is 0 Å². The van der Waals surface area contributed by atoms with Crippen molar-refractivity contribution in [1.82, 2.24) is 9.97 Å². The number of aryl methyl sites for hydroxylation is 1. The number of rotatable bonds is 3. The lowest BCUT2D eigenvalue weighted by atomic mass is 10.2. The van der Waals surface area contributed by atoms with Gasteiger partial charge in [-0.05, 0) is 24.4 Å². The van der Waals surface area contributed by atoms with E-state index in [0.29, 0.717) is 0 Å². The zero-order valence-corrected chi connectivity index (χ0v) is 11.7. The van der Waals surface area contributed by atoms with Crippen LogP contribution in [0.3, 0.4) is 0 Å². The number of thiazole rings is 1. The number of hydrogen-bond donors (Lipinski definition) is 1. The van der Waals surface area contributed by atoms with Crippen molar-refractivity contribution in [2.75, 3.05) is 0 Å². The molecule has 0 fully saturated rings. The first-order valence-corrected chi connectivity index (χ1v) is 7.35. The number of aliphatic carboxylic acids is 1. The summed E-state index contributed by atoms with van der Waals surface area (Å²) in [6.45, 7) is 1.84. The van der Waals surface area contributed by atoms with Crippen LogP contribution in [0.25, 0.3) is 20.8 Å². The standard InChI is InChI=1S/C13H10N2O2S2/c1-7-10(5-12(16)17)19-13(15-7)8-4-11-9(14-6-8)2-3-18-11/h2-4,6H,5H2,1H3,(H,16,17). The number of fused-ring (bicyclic) bond motifs is 1. The highest BCUT2D eigenvalue weighted by Crippen LogP contribution is 2.30. The second-order valence-corrected chi connectivity index (χ2v) is 6.16. The summed E-state index contributed by atoms with van der Waals surface area (Å²) in [7, 11) is 0. The van der Waals surface area contributed by atoms with Gasteiger partial charge in [0.05, 0.1) is 22.3 Å². The van der Waals surface area contributed by atoms with Gasteiger partial charge in [-0.1, -0.05) is 0 Å². The molecule has 0 aliphatic carbocycles. The first-order chi connectivity index (χ1) is 9.13. The zero-order chi connectivity index (χ0) is 13.4. The number of carboxylic acid groups (broad SMARTS) is 1. The van der Waals surface area contributed by atoms with Crippen LogP contribution in [-0.4, -0.2) is 21.0 Å². The molecule has 0 aliphatic heterocycles. The summed E-state index contributed by atoms with van der Waals surface area (Å²) in [6.07, 6.45) is 1.82. The van der Waals surface area contributed by atoms with Gasteiger partial charge < -0.3 is 5.11 Å². The fourth-order valence-electron chi connectivity index (χ4n) is 1.82. The second kappa shape index (κ2) is 4.71. The van der Waals surface area contributed by atoms with E-state index in [4.69, 9.17) is 5.11 Å². The smallest absolute Gasteiger partial charge is 0.308 e. The molecular formula is C13H10N2O2S2. The van der Waals surface area contributed by atoms with Gasteiger partial charge in [0.1, 0.15) is 5.01 Å². The van der Waals surface area contributed by atoms with Crippen molar-refractivity contribution < 1.29 is 9.90 Å². The minimum absolute atomic E-state index is 0.0260. The lowest BCUT2D eigenvalue weighted by molar-refractivity contribution is -0.136. The van der Waals surface area contributed by atoms with Crippen LogP contribution >= 0.6 is 22.7 Å². The predicted molar refractivity (Wildman–Crippen MR) is 76.8 cm³/mol. The molecule has 6 heteroatoms. The van der Waals surface area contributed by atoms with Gasteiger partial charge in [0.15, 0.2) is 0 Å². The minimum Gasteiger partial charge on any atom is -0.481 e. The highest BCUT2D eigenvalue weighted by molar-refractivity contribution is 7.17. The summed E-state index contributed by atoms with van der Waals surface area (Å²) in [5, 5.41) is 11.7. The van der Waals surface area contributed by atoms with Crippen molar-refractivity contribution in [3.63, 3.8) is 0 Å². The molecule has 0 amide bonds. The molecule has 0 radical (unpaired) electrons. The van der Waals surface area contributed by atoms with Gasteiger partial charge in [-0.2, -0.15) is 0 Å². The summed E-state index contributed by atoms with van der Waals surface area (Å²) in [5.41, 5.74) is 2.71. The van der Waals surface area contributed by atoms with Crippen molar-refractivity contribution in [3.8, 4) is 10.6 Å². The lowest BCUT2D eigenvalue weighted by Gasteiger charge is -1.95. The Morgan fingerprint density at radius 1 is 1.47 bits per heavy atom. The Morgan fingerprint density at radius 3 is 3.11 bits per heavy atom. The molecule has 3 aromatic heterocycles. The molecule has 19 heavy (non-hydrogen) atoms. The largest absolute Gasteiger partial charge is 0.481 e. The Hall–Kier alpha value is -1.79. The number of carbonyl (C=O) groups is 1. The molecule has 1 N–H and O–H groups in total. The molecule has 96 valence electrons. The van der Waals surface area contributed by atoms with E-state index < -0.39 is 5.97 Å². The van der Waals surface area contributed by atoms with Gasteiger partial charge in [0, 0.05) is 16.6 Å². The Morgan fingerprint density at radius 2 is 2.32 bits per heavy atom. The fraction of sp³-hybridized carbons (Fsp3) is 0.154. The summed E-state index contributed by atoms with van der Waals surface area (Å²) in [5.74, 6) is -0.829. The SMILES string of the molecule is Cc1nc(-c2cnc3ccsc3c2)sc1CC(=O)O. The average molecular weight is 290 g/mol. The predicted octanol–water partition coefficient (Wildman–Crippen LogP) is 3.36. The highest BCUT2D eigenvalue weighted by Gasteiger charge is 2.13. The zero-order valence-electron chi connectivity index (χ0n) is 10.1. The third kappa shape index (κ3) is 2.36. The molecule has 0 spiro atoms. The van der Waals surface area contributed by atoms with Crippen LogP contribution in [0.15, 0.2) is 23.7 Å². The minimum atomic E-state index is -0.829. The van der Waals surface area contributed by atoms with E-state index in [0.717, 1.165) is 31.4 Å². The molecule has 0 atom stereocenters. The quantitative estimate of drug-likeness (QED) is 0.803. The van der Waals surface area contributed by atoms with Gasteiger partial charge in [0.25, 0.3) is 0 Å². The van der Waals surface area contributed by atoms with Gasteiger partial charge in [-0.25, -0.2) is 4.98 Å². The molecule has 0 saturated heterocycles. The topological polar surface area (TPSA) is 63.1 Å². The number of hydrogen-bond acceptors (Lipinski definition) is 5. The average Bonchev–Trinajstić information content (AvgIpc) is 2.95. The van der Waals surface area contributed by atoms with Crippen molar-refractivity contribution in [2.24, 2.45) is 0 Å². The summed E-state index contributed by atoms with van der Waals surface area (Å²) >= 11 is 3.06. The van der Waals surface area contributed by atoms with Crippen LogP contribution in [0.5, 0.6) is 0 Å². The maximum atomic E-state index is 10.8. The van der Waals surface area contributed by atoms with Crippen molar-refractivity contribution in [1.29, 1.82) is 0 Å². The van der Waals surface area contributed by atoms with Gasteiger partial charge >= 0.3 is 5.97 Å². The molecule has 0 aromatic carbocycles. The number of thiophene rings is 1. The van der Waals surface area contributed by atoms with Crippen molar-refractivity contribution in [2.45, 2.75) is 13.3 Å². The van der Waals surface area contributed by atoms with Crippen LogP contribution in [0.2, 0.25) is 0 Å². The van der Waals surface area contributed by atoms with E-state index in [1.165, 1.54) is 11.3 Å². The van der Waals surface area contributed by atoms with E-state index in [1.54, 1.807) is 17.5 Å². The first-order valence-electron chi connectivity index (χ1n) is 5.65. The van der Waals surface area contributed by atoms with Crippen LogP contribution in [0.1, 0.15) is 10.6 Å². The van der Waals surface area contributed by atoms with Gasteiger partial charge in [-0.3, -0.25) is 9.78 Å². The fourth-order valence-corrected chi connectivity index (χ4v) is 3.63. The van der Waals surface area contributed by atoms with Crippen LogP contribution in [0.4, 0.5) is 0 Å².